The molecule has 4 nitrogen and oxygen atoms in total. The molecule has 1 amide bonds. The molecule has 0 aliphatic rings. The summed E-state index contributed by atoms with van der Waals surface area (Å²) in [6.45, 7) is 0.218. The number of hydrogen-bond acceptors (Lipinski definition) is 3. The Balaban J connectivity index is 1.73. The number of carbonyl (C=O) groups is 1. The molecule has 1 aromatic heterocycles. The second-order valence-corrected chi connectivity index (χ2v) is 4.44. The maximum atomic E-state index is 11.5. The van der Waals surface area contributed by atoms with E-state index in [-0.39, 0.29) is 12.5 Å². The molecule has 104 valence electrons. The Morgan fingerprint density at radius 1 is 1.25 bits per heavy atom. The van der Waals surface area contributed by atoms with E-state index in [1.165, 1.54) is 6.08 Å². The smallest absolute Gasteiger partial charge is 0.244 e. The van der Waals surface area contributed by atoms with Crippen molar-refractivity contribution in [2.24, 2.45) is 0 Å². The number of nitrogens with one attached hydrogen (secondary N) is 1. The molecular weight excluding hydrogens is 254 g/mol. The molecule has 1 heterocycles. The molecule has 2 aromatic rings. The second kappa shape index (κ2) is 7.31. The van der Waals surface area contributed by atoms with E-state index in [0.29, 0.717) is 12.2 Å². The Labute approximate surface area is 117 Å². The summed E-state index contributed by atoms with van der Waals surface area (Å²) >= 11 is 0. The number of aliphatic hydroxyl groups excluding tert-OH is 1. The van der Waals surface area contributed by atoms with E-state index in [1.807, 2.05) is 30.3 Å². The average molecular weight is 271 g/mol. The van der Waals surface area contributed by atoms with Crippen molar-refractivity contribution in [2.45, 2.75) is 12.5 Å². The monoisotopic (exact) mass is 271 g/mol. The van der Waals surface area contributed by atoms with Crippen LogP contribution in [0.15, 0.2) is 59.2 Å². The van der Waals surface area contributed by atoms with Gasteiger partial charge in [0.05, 0.1) is 12.4 Å². The van der Waals surface area contributed by atoms with E-state index >= 15 is 0 Å². The largest absolute Gasteiger partial charge is 0.465 e. The number of carbonyl (C=O) groups excluding carboxylic acids is 1. The lowest BCUT2D eigenvalue weighted by Crippen LogP contribution is -2.32. The number of benzene rings is 1. The summed E-state index contributed by atoms with van der Waals surface area (Å²) in [6, 6.07) is 13.2. The molecule has 1 unspecified atom stereocenters. The van der Waals surface area contributed by atoms with Crippen molar-refractivity contribution >= 4 is 12.0 Å². The Kier molecular flexibility index (Phi) is 5.15. The zero-order chi connectivity index (χ0) is 14.2. The van der Waals surface area contributed by atoms with Gasteiger partial charge >= 0.3 is 0 Å². The third kappa shape index (κ3) is 4.74. The molecule has 1 aromatic carbocycles. The number of furan rings is 1. The first-order chi connectivity index (χ1) is 9.74. The van der Waals surface area contributed by atoms with Crippen molar-refractivity contribution in [1.29, 1.82) is 0 Å². The average Bonchev–Trinajstić information content (AvgIpc) is 2.97. The lowest BCUT2D eigenvalue weighted by molar-refractivity contribution is -0.116. The van der Waals surface area contributed by atoms with Gasteiger partial charge in [0.15, 0.2) is 0 Å². The van der Waals surface area contributed by atoms with Crippen LogP contribution < -0.4 is 5.32 Å². The van der Waals surface area contributed by atoms with Gasteiger partial charge in [-0.15, -0.1) is 0 Å². The van der Waals surface area contributed by atoms with Gasteiger partial charge in [0.1, 0.15) is 5.76 Å². The summed E-state index contributed by atoms with van der Waals surface area (Å²) in [5.41, 5.74) is 1.04. The van der Waals surface area contributed by atoms with Crippen molar-refractivity contribution in [3.63, 3.8) is 0 Å². The number of rotatable bonds is 6. The number of aliphatic hydroxyl groups is 1. The van der Waals surface area contributed by atoms with Crippen LogP contribution in [-0.4, -0.2) is 23.7 Å². The van der Waals surface area contributed by atoms with Gasteiger partial charge in [0.2, 0.25) is 5.91 Å². The molecule has 0 aliphatic carbocycles. The molecule has 0 bridgehead atoms. The molecule has 2 N–H and O–H groups in total. The SMILES string of the molecule is O=C(/C=C/c1ccco1)NCC(O)Cc1ccccc1. The van der Waals surface area contributed by atoms with Crippen LogP contribution >= 0.6 is 0 Å². The molecule has 0 saturated carbocycles. The van der Waals surface area contributed by atoms with E-state index in [9.17, 15) is 9.90 Å². The van der Waals surface area contributed by atoms with Crippen LogP contribution in [0.25, 0.3) is 6.08 Å². The predicted octanol–water partition coefficient (Wildman–Crippen LogP) is 2.01. The highest BCUT2D eigenvalue weighted by atomic mass is 16.3. The lowest BCUT2D eigenvalue weighted by atomic mass is 10.1. The number of amides is 1. The zero-order valence-electron chi connectivity index (χ0n) is 11.0. The van der Waals surface area contributed by atoms with E-state index < -0.39 is 6.10 Å². The highest BCUT2D eigenvalue weighted by molar-refractivity contribution is 5.91. The minimum Gasteiger partial charge on any atom is -0.465 e. The Hall–Kier alpha value is -2.33. The highest BCUT2D eigenvalue weighted by Crippen LogP contribution is 2.03. The minimum atomic E-state index is -0.599. The molecule has 4 heteroatoms. The van der Waals surface area contributed by atoms with Crippen LogP contribution in [0.2, 0.25) is 0 Å². The summed E-state index contributed by atoms with van der Waals surface area (Å²) < 4.78 is 5.07. The van der Waals surface area contributed by atoms with E-state index in [4.69, 9.17) is 4.42 Å². The van der Waals surface area contributed by atoms with Crippen LogP contribution in [0, 0.1) is 0 Å². The van der Waals surface area contributed by atoms with Crippen molar-refractivity contribution in [3.8, 4) is 0 Å². The molecule has 0 saturated heterocycles. The van der Waals surface area contributed by atoms with E-state index in [0.717, 1.165) is 5.56 Å². The van der Waals surface area contributed by atoms with Gasteiger partial charge in [0, 0.05) is 19.0 Å². The van der Waals surface area contributed by atoms with Gasteiger partial charge in [-0.3, -0.25) is 4.79 Å². The van der Waals surface area contributed by atoms with Crippen molar-refractivity contribution < 1.29 is 14.3 Å². The topological polar surface area (TPSA) is 62.5 Å². The van der Waals surface area contributed by atoms with Crippen LogP contribution in [0.4, 0.5) is 0 Å². The van der Waals surface area contributed by atoms with Crippen LogP contribution in [0.3, 0.4) is 0 Å². The van der Waals surface area contributed by atoms with Gasteiger partial charge < -0.3 is 14.8 Å². The van der Waals surface area contributed by atoms with Gasteiger partial charge in [-0.05, 0) is 23.8 Å². The normalized spacial score (nSPS) is 12.4. The molecule has 0 fully saturated rings. The van der Waals surface area contributed by atoms with Gasteiger partial charge in [-0.2, -0.15) is 0 Å². The first-order valence-corrected chi connectivity index (χ1v) is 6.45. The van der Waals surface area contributed by atoms with Crippen molar-refractivity contribution in [2.75, 3.05) is 6.54 Å². The molecule has 20 heavy (non-hydrogen) atoms. The summed E-state index contributed by atoms with van der Waals surface area (Å²) in [4.78, 5) is 11.5. The molecule has 0 radical (unpaired) electrons. The molecule has 2 rings (SSSR count). The third-order valence-electron chi connectivity index (χ3n) is 2.77. The lowest BCUT2D eigenvalue weighted by Gasteiger charge is -2.10. The summed E-state index contributed by atoms with van der Waals surface area (Å²) in [6.07, 6.45) is 4.43. The Morgan fingerprint density at radius 3 is 2.75 bits per heavy atom. The molecule has 1 atom stereocenters. The van der Waals surface area contributed by atoms with Crippen molar-refractivity contribution in [3.05, 3.63) is 66.1 Å². The first-order valence-electron chi connectivity index (χ1n) is 6.45. The Morgan fingerprint density at radius 2 is 2.05 bits per heavy atom. The fraction of sp³-hybridized carbons (Fsp3) is 0.188. The van der Waals surface area contributed by atoms with Gasteiger partial charge in [-0.25, -0.2) is 0 Å². The predicted molar refractivity (Wildman–Crippen MR) is 76.9 cm³/mol. The second-order valence-electron chi connectivity index (χ2n) is 4.44. The maximum absolute atomic E-state index is 11.5. The first kappa shape index (κ1) is 14.1. The standard InChI is InChI=1S/C16H17NO3/c18-14(11-13-5-2-1-3-6-13)12-17-16(19)9-8-15-7-4-10-20-15/h1-10,14,18H,11-12H2,(H,17,19)/b9-8+. The summed E-state index contributed by atoms with van der Waals surface area (Å²) in [5.74, 6) is 0.360. The third-order valence-corrected chi connectivity index (χ3v) is 2.77. The molecule has 0 aliphatic heterocycles. The zero-order valence-corrected chi connectivity index (χ0v) is 11.0. The molecule has 0 spiro atoms. The van der Waals surface area contributed by atoms with Crippen molar-refractivity contribution in [1.82, 2.24) is 5.32 Å². The Bertz CT molecular complexity index is 546. The summed E-state index contributed by atoms with van der Waals surface area (Å²) in [5, 5.41) is 12.5. The van der Waals surface area contributed by atoms with Gasteiger partial charge in [-0.1, -0.05) is 30.3 Å². The van der Waals surface area contributed by atoms with Crippen LogP contribution in [-0.2, 0) is 11.2 Å². The number of hydrogen-bond donors (Lipinski definition) is 2. The fourth-order valence-electron chi connectivity index (χ4n) is 1.78. The van der Waals surface area contributed by atoms with Gasteiger partial charge in [0.25, 0.3) is 0 Å². The fourth-order valence-corrected chi connectivity index (χ4v) is 1.78. The van der Waals surface area contributed by atoms with E-state index in [2.05, 4.69) is 5.32 Å². The quantitative estimate of drug-likeness (QED) is 0.790. The summed E-state index contributed by atoms with van der Waals surface area (Å²) in [7, 11) is 0. The van der Waals surface area contributed by atoms with E-state index in [1.54, 1.807) is 24.5 Å². The van der Waals surface area contributed by atoms with Crippen LogP contribution in [0.1, 0.15) is 11.3 Å². The van der Waals surface area contributed by atoms with Crippen LogP contribution in [0.5, 0.6) is 0 Å². The molecular formula is C16H17NO3. The highest BCUT2D eigenvalue weighted by Gasteiger charge is 2.06. The minimum absolute atomic E-state index is 0.218. The maximum Gasteiger partial charge on any atom is 0.244 e.